The van der Waals surface area contributed by atoms with E-state index in [-0.39, 0.29) is 17.9 Å². The molecule has 0 aromatic heterocycles. The molecule has 110 valence electrons. The Morgan fingerprint density at radius 2 is 1.95 bits per heavy atom. The molecule has 0 radical (unpaired) electrons. The molecule has 2 amide bonds. The summed E-state index contributed by atoms with van der Waals surface area (Å²) in [6.45, 7) is 9.08. The predicted octanol–water partition coefficient (Wildman–Crippen LogP) is 2.33. The van der Waals surface area contributed by atoms with Gasteiger partial charge in [0.2, 0.25) is 11.8 Å². The lowest BCUT2D eigenvalue weighted by molar-refractivity contribution is -0.138. The van der Waals surface area contributed by atoms with E-state index in [0.717, 1.165) is 18.8 Å². The minimum absolute atomic E-state index is 0.0290. The van der Waals surface area contributed by atoms with Gasteiger partial charge in [-0.1, -0.05) is 33.6 Å². The number of imide groups is 1. The van der Waals surface area contributed by atoms with Crippen LogP contribution in [-0.4, -0.2) is 35.3 Å². The second-order valence-electron chi connectivity index (χ2n) is 6.03. The van der Waals surface area contributed by atoms with Crippen LogP contribution in [-0.2, 0) is 9.59 Å². The maximum Gasteiger partial charge on any atom is 0.246 e. The molecule has 0 bridgehead atoms. The highest BCUT2D eigenvalue weighted by Crippen LogP contribution is 2.15. The van der Waals surface area contributed by atoms with E-state index >= 15 is 0 Å². The van der Waals surface area contributed by atoms with Crippen LogP contribution < -0.4 is 5.32 Å². The molecule has 2 unspecified atom stereocenters. The second-order valence-corrected chi connectivity index (χ2v) is 6.03. The minimum Gasteiger partial charge on any atom is -0.303 e. The molecule has 1 N–H and O–H groups in total. The zero-order chi connectivity index (χ0) is 14.4. The molecule has 0 saturated carbocycles. The van der Waals surface area contributed by atoms with Gasteiger partial charge in [0, 0.05) is 12.6 Å². The maximum atomic E-state index is 12.1. The summed E-state index contributed by atoms with van der Waals surface area (Å²) in [6, 6.07) is -0.00447. The maximum absolute atomic E-state index is 12.1. The first-order valence-corrected chi connectivity index (χ1v) is 7.56. The van der Waals surface area contributed by atoms with Crippen molar-refractivity contribution in [3.63, 3.8) is 0 Å². The Bertz CT molecular complexity index is 315. The van der Waals surface area contributed by atoms with Gasteiger partial charge in [0.25, 0.3) is 0 Å². The fraction of sp³-hybridized carbons (Fsp3) is 0.867. The number of hydrogen-bond acceptors (Lipinski definition) is 3. The van der Waals surface area contributed by atoms with Crippen molar-refractivity contribution in [1.29, 1.82) is 0 Å². The number of amides is 2. The van der Waals surface area contributed by atoms with Crippen LogP contribution in [0.1, 0.15) is 59.8 Å². The molecule has 2 atom stereocenters. The normalized spacial score (nSPS) is 21.5. The average molecular weight is 268 g/mol. The highest BCUT2D eigenvalue weighted by atomic mass is 16.2. The third-order valence-corrected chi connectivity index (χ3v) is 3.60. The Morgan fingerprint density at radius 3 is 2.53 bits per heavy atom. The van der Waals surface area contributed by atoms with Gasteiger partial charge < -0.3 is 5.32 Å². The van der Waals surface area contributed by atoms with Crippen molar-refractivity contribution in [1.82, 2.24) is 10.2 Å². The Morgan fingerprint density at radius 1 is 1.26 bits per heavy atom. The molecule has 0 spiro atoms. The first kappa shape index (κ1) is 16.2. The lowest BCUT2D eigenvalue weighted by atomic mass is 10.0. The van der Waals surface area contributed by atoms with Crippen LogP contribution >= 0.6 is 0 Å². The topological polar surface area (TPSA) is 49.4 Å². The molecule has 1 heterocycles. The van der Waals surface area contributed by atoms with Gasteiger partial charge in [-0.15, -0.1) is 0 Å². The van der Waals surface area contributed by atoms with Crippen LogP contribution in [0.3, 0.4) is 0 Å². The molecular formula is C15H28N2O2. The Balaban J connectivity index is 2.36. The number of carbonyl (C=O) groups is 2. The fourth-order valence-corrected chi connectivity index (χ4v) is 2.53. The van der Waals surface area contributed by atoms with Gasteiger partial charge in [0.15, 0.2) is 0 Å². The standard InChI is InChI=1S/C15H28N2O2/c1-5-9-17-14(18)10-13(15(17)19)16-12(4)8-6-7-11(2)3/h11-13,16H,5-10H2,1-4H3. The SMILES string of the molecule is CCCN1C(=O)CC(NC(C)CCCC(C)C)C1=O. The first-order valence-electron chi connectivity index (χ1n) is 7.56. The Labute approximate surface area is 116 Å². The summed E-state index contributed by atoms with van der Waals surface area (Å²) in [4.78, 5) is 25.2. The molecule has 1 aliphatic rings. The molecule has 4 nitrogen and oxygen atoms in total. The van der Waals surface area contributed by atoms with E-state index in [9.17, 15) is 9.59 Å². The molecule has 4 heteroatoms. The zero-order valence-corrected chi connectivity index (χ0v) is 12.7. The minimum atomic E-state index is -0.298. The summed E-state index contributed by atoms with van der Waals surface area (Å²) in [5.74, 6) is 0.656. The van der Waals surface area contributed by atoms with E-state index in [0.29, 0.717) is 19.0 Å². The monoisotopic (exact) mass is 268 g/mol. The van der Waals surface area contributed by atoms with E-state index in [4.69, 9.17) is 0 Å². The number of hydrogen-bond donors (Lipinski definition) is 1. The quantitative estimate of drug-likeness (QED) is 0.687. The summed E-state index contributed by atoms with van der Waals surface area (Å²) in [7, 11) is 0. The van der Waals surface area contributed by atoms with Crippen molar-refractivity contribution in [2.45, 2.75) is 71.9 Å². The second kappa shape index (κ2) is 7.63. The molecule has 0 aromatic rings. The molecule has 1 saturated heterocycles. The van der Waals surface area contributed by atoms with Gasteiger partial charge in [-0.3, -0.25) is 14.5 Å². The number of carbonyl (C=O) groups excluding carboxylic acids is 2. The van der Waals surface area contributed by atoms with Crippen LogP contribution in [0.25, 0.3) is 0 Å². The summed E-state index contributed by atoms with van der Waals surface area (Å²) in [5.41, 5.74) is 0. The highest BCUT2D eigenvalue weighted by Gasteiger charge is 2.38. The van der Waals surface area contributed by atoms with Gasteiger partial charge in [-0.2, -0.15) is 0 Å². The zero-order valence-electron chi connectivity index (χ0n) is 12.7. The van der Waals surface area contributed by atoms with Crippen LogP contribution in [0, 0.1) is 5.92 Å². The highest BCUT2D eigenvalue weighted by molar-refractivity contribution is 6.05. The van der Waals surface area contributed by atoms with Gasteiger partial charge in [-0.05, 0) is 25.7 Å². The Kier molecular flexibility index (Phi) is 6.49. The summed E-state index contributed by atoms with van der Waals surface area (Å²) in [6.07, 6.45) is 4.59. The van der Waals surface area contributed by atoms with Crippen molar-refractivity contribution in [2.75, 3.05) is 6.54 Å². The lowest BCUT2D eigenvalue weighted by Gasteiger charge is -2.19. The van der Waals surface area contributed by atoms with E-state index in [1.54, 1.807) is 0 Å². The van der Waals surface area contributed by atoms with Crippen molar-refractivity contribution < 1.29 is 9.59 Å². The molecule has 19 heavy (non-hydrogen) atoms. The molecule has 1 rings (SSSR count). The van der Waals surface area contributed by atoms with E-state index in [1.165, 1.54) is 17.7 Å². The van der Waals surface area contributed by atoms with E-state index < -0.39 is 0 Å². The van der Waals surface area contributed by atoms with Crippen molar-refractivity contribution in [2.24, 2.45) is 5.92 Å². The predicted molar refractivity (Wildman–Crippen MR) is 76.7 cm³/mol. The number of nitrogens with zero attached hydrogens (tertiary/aromatic N) is 1. The lowest BCUT2D eigenvalue weighted by Crippen LogP contribution is -2.42. The van der Waals surface area contributed by atoms with Gasteiger partial charge in [-0.25, -0.2) is 0 Å². The van der Waals surface area contributed by atoms with E-state index in [1.807, 2.05) is 6.92 Å². The molecular weight excluding hydrogens is 240 g/mol. The van der Waals surface area contributed by atoms with Crippen LogP contribution in [0.15, 0.2) is 0 Å². The molecule has 0 aromatic carbocycles. The smallest absolute Gasteiger partial charge is 0.246 e. The van der Waals surface area contributed by atoms with Crippen LogP contribution in [0.4, 0.5) is 0 Å². The first-order chi connectivity index (χ1) is 8.95. The summed E-state index contributed by atoms with van der Waals surface area (Å²) < 4.78 is 0. The third kappa shape index (κ3) is 4.94. The molecule has 1 fully saturated rings. The van der Waals surface area contributed by atoms with E-state index in [2.05, 4.69) is 26.1 Å². The average Bonchev–Trinajstić information content (AvgIpc) is 2.57. The van der Waals surface area contributed by atoms with Crippen molar-refractivity contribution >= 4 is 11.8 Å². The number of nitrogens with one attached hydrogen (secondary N) is 1. The van der Waals surface area contributed by atoms with Gasteiger partial charge in [0.05, 0.1) is 12.5 Å². The summed E-state index contributed by atoms with van der Waals surface area (Å²) >= 11 is 0. The van der Waals surface area contributed by atoms with Crippen LogP contribution in [0.5, 0.6) is 0 Å². The Hall–Kier alpha value is -0.900. The largest absolute Gasteiger partial charge is 0.303 e. The number of rotatable bonds is 8. The van der Waals surface area contributed by atoms with Crippen LogP contribution in [0.2, 0.25) is 0 Å². The van der Waals surface area contributed by atoms with Crippen molar-refractivity contribution in [3.05, 3.63) is 0 Å². The third-order valence-electron chi connectivity index (χ3n) is 3.60. The molecule has 0 aliphatic carbocycles. The van der Waals surface area contributed by atoms with Crippen molar-refractivity contribution in [3.8, 4) is 0 Å². The molecule has 1 aliphatic heterocycles. The van der Waals surface area contributed by atoms with Gasteiger partial charge >= 0.3 is 0 Å². The fourth-order valence-electron chi connectivity index (χ4n) is 2.53. The van der Waals surface area contributed by atoms with Gasteiger partial charge in [0.1, 0.15) is 0 Å². The number of likely N-dealkylation sites (tertiary alicyclic amines) is 1. The summed E-state index contributed by atoms with van der Waals surface area (Å²) in [5, 5.41) is 3.31.